The van der Waals surface area contributed by atoms with Gasteiger partial charge >= 0.3 is 0 Å². The van der Waals surface area contributed by atoms with Gasteiger partial charge in [0.05, 0.1) is 5.01 Å². The van der Waals surface area contributed by atoms with Gasteiger partial charge in [0.1, 0.15) is 5.69 Å². The van der Waals surface area contributed by atoms with Gasteiger partial charge in [-0.1, -0.05) is 13.8 Å². The molecule has 1 aromatic heterocycles. The van der Waals surface area contributed by atoms with Gasteiger partial charge in [0.15, 0.2) is 0 Å². The van der Waals surface area contributed by atoms with Crippen molar-refractivity contribution in [2.45, 2.75) is 39.2 Å². The Kier molecular flexibility index (Phi) is 4.93. The maximum Gasteiger partial charge on any atom is 0.273 e. The quantitative estimate of drug-likeness (QED) is 0.920. The summed E-state index contributed by atoms with van der Waals surface area (Å²) in [6, 6.07) is 0.423. The van der Waals surface area contributed by atoms with Crippen molar-refractivity contribution in [3.8, 4) is 0 Å². The van der Waals surface area contributed by atoms with E-state index >= 15 is 0 Å². The molecular weight excluding hydrogens is 258 g/mol. The second-order valence-electron chi connectivity index (χ2n) is 5.60. The molecule has 0 aromatic carbocycles. The van der Waals surface area contributed by atoms with Crippen LogP contribution in [0, 0.1) is 5.92 Å². The topological polar surface area (TPSA) is 45.2 Å². The molecule has 1 amide bonds. The van der Waals surface area contributed by atoms with E-state index in [4.69, 9.17) is 0 Å². The smallest absolute Gasteiger partial charge is 0.273 e. The van der Waals surface area contributed by atoms with Crippen molar-refractivity contribution in [1.29, 1.82) is 0 Å². The Balaban J connectivity index is 2.00. The number of nitrogens with zero attached hydrogens (tertiary/aromatic N) is 2. The van der Waals surface area contributed by atoms with Crippen LogP contribution in [-0.2, 0) is 6.42 Å². The van der Waals surface area contributed by atoms with Crippen LogP contribution in [0.25, 0.3) is 0 Å². The third-order valence-corrected chi connectivity index (χ3v) is 4.34. The summed E-state index contributed by atoms with van der Waals surface area (Å²) in [5.41, 5.74) is 0.623. The summed E-state index contributed by atoms with van der Waals surface area (Å²) in [5, 5.41) is 6.24. The first-order valence-electron chi connectivity index (χ1n) is 7.01. The highest BCUT2D eigenvalue weighted by atomic mass is 32.1. The molecule has 0 bridgehead atoms. The lowest BCUT2D eigenvalue weighted by Crippen LogP contribution is -2.47. The van der Waals surface area contributed by atoms with E-state index in [0.717, 1.165) is 37.4 Å². The zero-order valence-corrected chi connectivity index (χ0v) is 12.8. The van der Waals surface area contributed by atoms with E-state index in [1.807, 2.05) is 17.3 Å². The molecule has 2 heterocycles. The van der Waals surface area contributed by atoms with Gasteiger partial charge in [-0.2, -0.15) is 0 Å². The molecule has 1 aliphatic rings. The van der Waals surface area contributed by atoms with Crippen molar-refractivity contribution in [2.24, 2.45) is 5.92 Å². The molecule has 1 fully saturated rings. The van der Waals surface area contributed by atoms with Crippen LogP contribution in [0.4, 0.5) is 0 Å². The zero-order valence-electron chi connectivity index (χ0n) is 12.0. The Morgan fingerprint density at radius 1 is 1.63 bits per heavy atom. The highest BCUT2D eigenvalue weighted by Gasteiger charge is 2.25. The third kappa shape index (κ3) is 3.76. The number of aromatic nitrogens is 1. The van der Waals surface area contributed by atoms with Crippen molar-refractivity contribution in [3.63, 3.8) is 0 Å². The third-order valence-electron chi connectivity index (χ3n) is 3.47. The summed E-state index contributed by atoms with van der Waals surface area (Å²) < 4.78 is 0. The van der Waals surface area contributed by atoms with Gasteiger partial charge < -0.3 is 10.2 Å². The van der Waals surface area contributed by atoms with E-state index in [-0.39, 0.29) is 5.91 Å². The van der Waals surface area contributed by atoms with E-state index in [1.54, 1.807) is 11.3 Å². The standard InChI is InChI=1S/C14H23N3OS/c1-10(2)7-13-16-12(9-19-13)14(18)17-6-4-5-11(8-17)15-3/h9-11,15H,4-8H2,1-3H3. The zero-order chi connectivity index (χ0) is 13.8. The molecular formula is C14H23N3OS. The molecule has 5 heteroatoms. The van der Waals surface area contributed by atoms with Crippen molar-refractivity contribution in [1.82, 2.24) is 15.2 Å². The molecule has 1 atom stereocenters. The minimum absolute atomic E-state index is 0.0891. The molecule has 0 radical (unpaired) electrons. The number of hydrogen-bond acceptors (Lipinski definition) is 4. The average molecular weight is 281 g/mol. The molecule has 0 aliphatic carbocycles. The molecule has 19 heavy (non-hydrogen) atoms. The fourth-order valence-corrected chi connectivity index (χ4v) is 3.39. The normalized spacial score (nSPS) is 20.0. The number of nitrogens with one attached hydrogen (secondary N) is 1. The van der Waals surface area contributed by atoms with E-state index in [1.165, 1.54) is 0 Å². The molecule has 0 spiro atoms. The van der Waals surface area contributed by atoms with Crippen LogP contribution in [0.15, 0.2) is 5.38 Å². The summed E-state index contributed by atoms with van der Waals surface area (Å²) in [5.74, 6) is 0.670. The minimum Gasteiger partial charge on any atom is -0.336 e. The lowest BCUT2D eigenvalue weighted by atomic mass is 10.1. The van der Waals surface area contributed by atoms with Crippen LogP contribution in [0.3, 0.4) is 0 Å². The van der Waals surface area contributed by atoms with E-state index < -0.39 is 0 Å². The van der Waals surface area contributed by atoms with Crippen LogP contribution in [0.1, 0.15) is 42.2 Å². The van der Waals surface area contributed by atoms with Crippen LogP contribution in [0.5, 0.6) is 0 Å². The summed E-state index contributed by atoms with van der Waals surface area (Å²) in [6.45, 7) is 6.00. The van der Waals surface area contributed by atoms with E-state index in [2.05, 4.69) is 24.1 Å². The second kappa shape index (κ2) is 6.48. The predicted molar refractivity (Wildman–Crippen MR) is 78.6 cm³/mol. The van der Waals surface area contributed by atoms with E-state index in [0.29, 0.717) is 17.7 Å². The summed E-state index contributed by atoms with van der Waals surface area (Å²) >= 11 is 1.60. The van der Waals surface area contributed by atoms with Gasteiger partial charge in [-0.25, -0.2) is 4.98 Å². The van der Waals surface area contributed by atoms with Crippen LogP contribution < -0.4 is 5.32 Å². The first-order chi connectivity index (χ1) is 9.10. The number of hydrogen-bond donors (Lipinski definition) is 1. The molecule has 4 nitrogen and oxygen atoms in total. The number of thiazole rings is 1. The van der Waals surface area contributed by atoms with Crippen LogP contribution in [0.2, 0.25) is 0 Å². The minimum atomic E-state index is 0.0891. The molecule has 2 rings (SSSR count). The largest absolute Gasteiger partial charge is 0.336 e. The summed E-state index contributed by atoms with van der Waals surface area (Å²) in [4.78, 5) is 18.8. The number of likely N-dealkylation sites (N-methyl/N-ethyl adjacent to an activating group) is 1. The summed E-state index contributed by atoms with van der Waals surface area (Å²) in [6.07, 6.45) is 3.17. The van der Waals surface area contributed by atoms with Crippen molar-refractivity contribution >= 4 is 17.2 Å². The second-order valence-corrected chi connectivity index (χ2v) is 6.55. The summed E-state index contributed by atoms with van der Waals surface area (Å²) in [7, 11) is 1.96. The number of likely N-dealkylation sites (tertiary alicyclic amines) is 1. The lowest BCUT2D eigenvalue weighted by Gasteiger charge is -2.32. The molecule has 1 N–H and O–H groups in total. The van der Waals surface area contributed by atoms with Gasteiger partial charge in [-0.3, -0.25) is 4.79 Å². The Labute approximate surface area is 119 Å². The maximum absolute atomic E-state index is 12.4. The fraction of sp³-hybridized carbons (Fsp3) is 0.714. The first-order valence-corrected chi connectivity index (χ1v) is 7.89. The number of piperidine rings is 1. The Morgan fingerprint density at radius 3 is 3.11 bits per heavy atom. The Bertz CT molecular complexity index is 430. The van der Waals surface area contributed by atoms with Gasteiger partial charge in [0.2, 0.25) is 0 Å². The average Bonchev–Trinajstić information content (AvgIpc) is 2.85. The molecule has 106 valence electrons. The van der Waals surface area contributed by atoms with Gasteiger partial charge in [-0.15, -0.1) is 11.3 Å². The number of carbonyl (C=O) groups excluding carboxylic acids is 1. The highest BCUT2D eigenvalue weighted by Crippen LogP contribution is 2.18. The Hall–Kier alpha value is -0.940. The van der Waals surface area contributed by atoms with E-state index in [9.17, 15) is 4.79 Å². The highest BCUT2D eigenvalue weighted by molar-refractivity contribution is 7.09. The van der Waals surface area contributed by atoms with Crippen molar-refractivity contribution in [2.75, 3.05) is 20.1 Å². The fourth-order valence-electron chi connectivity index (χ4n) is 2.41. The SMILES string of the molecule is CNC1CCCN(C(=O)c2csc(CC(C)C)n2)C1. The first kappa shape index (κ1) is 14.5. The predicted octanol–water partition coefficient (Wildman–Crippen LogP) is 2.17. The Morgan fingerprint density at radius 2 is 2.42 bits per heavy atom. The number of amides is 1. The van der Waals surface area contributed by atoms with Gasteiger partial charge in [-0.05, 0) is 25.8 Å². The lowest BCUT2D eigenvalue weighted by molar-refractivity contribution is 0.0693. The van der Waals surface area contributed by atoms with Crippen molar-refractivity contribution in [3.05, 3.63) is 16.1 Å². The maximum atomic E-state index is 12.4. The van der Waals surface area contributed by atoms with Crippen LogP contribution >= 0.6 is 11.3 Å². The molecule has 1 saturated heterocycles. The van der Waals surface area contributed by atoms with Gasteiger partial charge in [0, 0.05) is 30.9 Å². The number of carbonyl (C=O) groups is 1. The van der Waals surface area contributed by atoms with Gasteiger partial charge in [0.25, 0.3) is 5.91 Å². The number of rotatable bonds is 4. The molecule has 0 saturated carbocycles. The monoisotopic (exact) mass is 281 g/mol. The van der Waals surface area contributed by atoms with Crippen LogP contribution in [-0.4, -0.2) is 42.0 Å². The molecule has 1 unspecified atom stereocenters. The molecule has 1 aliphatic heterocycles. The molecule has 1 aromatic rings. The van der Waals surface area contributed by atoms with Crippen molar-refractivity contribution < 1.29 is 4.79 Å².